The van der Waals surface area contributed by atoms with Gasteiger partial charge >= 0.3 is 39.5 Å². The van der Waals surface area contributed by atoms with E-state index in [4.69, 9.17) is 37.0 Å². The lowest BCUT2D eigenvalue weighted by molar-refractivity contribution is -0.161. The predicted molar refractivity (Wildman–Crippen MR) is 436 cm³/mol. The summed E-state index contributed by atoms with van der Waals surface area (Å²) in [6, 6.07) is 0. The Morgan fingerprint density at radius 1 is 0.274 bits per heavy atom. The number of aliphatic hydroxyl groups excluding tert-OH is 1. The number of phosphoric acid groups is 2. The highest BCUT2D eigenvalue weighted by Gasteiger charge is 2.30. The minimum atomic E-state index is -5.00. The molecular formula is C87H148O17P2. The number of carbonyl (C=O) groups excluding carboxylic acids is 4. The van der Waals surface area contributed by atoms with Gasteiger partial charge in [0.05, 0.1) is 26.4 Å². The van der Waals surface area contributed by atoms with E-state index in [1.54, 1.807) is 0 Å². The Bertz CT molecular complexity index is 2530. The molecule has 0 radical (unpaired) electrons. The number of ether oxygens (including phenoxy) is 4. The molecule has 5 atom stereocenters. The summed E-state index contributed by atoms with van der Waals surface area (Å²) in [6.45, 7) is 4.62. The van der Waals surface area contributed by atoms with E-state index in [0.29, 0.717) is 32.1 Å². The van der Waals surface area contributed by atoms with Gasteiger partial charge in [-0.1, -0.05) is 309 Å². The van der Waals surface area contributed by atoms with Crippen LogP contribution < -0.4 is 0 Å². The summed E-state index contributed by atoms with van der Waals surface area (Å²) >= 11 is 0. The number of allylic oxidation sites excluding steroid dienone is 22. The second kappa shape index (κ2) is 78.3. The monoisotopic (exact) mass is 1530 g/mol. The van der Waals surface area contributed by atoms with Gasteiger partial charge in [-0.15, -0.1) is 0 Å². The van der Waals surface area contributed by atoms with Gasteiger partial charge in [0.25, 0.3) is 0 Å². The van der Waals surface area contributed by atoms with E-state index in [0.717, 1.165) is 154 Å². The van der Waals surface area contributed by atoms with Crippen molar-refractivity contribution < 1.29 is 80.2 Å². The Kier molecular flexibility index (Phi) is 74.8. The molecule has 17 nitrogen and oxygen atoms in total. The van der Waals surface area contributed by atoms with Crippen molar-refractivity contribution in [3.63, 3.8) is 0 Å². The van der Waals surface area contributed by atoms with Crippen LogP contribution >= 0.6 is 15.6 Å². The van der Waals surface area contributed by atoms with Gasteiger partial charge in [0.1, 0.15) is 19.3 Å². The normalized spacial score (nSPS) is 14.5. The van der Waals surface area contributed by atoms with Crippen molar-refractivity contribution in [1.82, 2.24) is 0 Å². The van der Waals surface area contributed by atoms with Gasteiger partial charge in [-0.3, -0.25) is 37.3 Å². The second-order valence-corrected chi connectivity index (χ2v) is 30.2. The molecule has 106 heavy (non-hydrogen) atoms. The van der Waals surface area contributed by atoms with Gasteiger partial charge in [-0.05, 0) is 135 Å². The van der Waals surface area contributed by atoms with Crippen LogP contribution in [0.4, 0.5) is 0 Å². The zero-order valence-corrected chi connectivity index (χ0v) is 68.4. The van der Waals surface area contributed by atoms with Gasteiger partial charge in [0, 0.05) is 25.7 Å². The molecule has 0 aromatic carbocycles. The van der Waals surface area contributed by atoms with Crippen molar-refractivity contribution in [1.29, 1.82) is 0 Å². The molecule has 0 saturated carbocycles. The molecule has 0 heterocycles. The van der Waals surface area contributed by atoms with E-state index in [2.05, 4.69) is 143 Å². The number of aliphatic hydroxyl groups is 1. The third-order valence-corrected chi connectivity index (χ3v) is 19.0. The zero-order valence-electron chi connectivity index (χ0n) is 66.6. The van der Waals surface area contributed by atoms with Crippen LogP contribution in [0, 0.1) is 0 Å². The van der Waals surface area contributed by atoms with Crippen LogP contribution in [-0.4, -0.2) is 96.7 Å². The maximum absolute atomic E-state index is 13.1. The molecule has 2 unspecified atom stereocenters. The van der Waals surface area contributed by atoms with E-state index in [9.17, 15) is 43.2 Å². The first-order valence-corrected chi connectivity index (χ1v) is 44.4. The number of unbranched alkanes of at least 4 members (excludes halogenated alkanes) is 29. The highest BCUT2D eigenvalue weighted by Crippen LogP contribution is 2.45. The Morgan fingerprint density at radius 3 is 0.858 bits per heavy atom. The molecular weight excluding hydrogens is 1380 g/mol. The lowest BCUT2D eigenvalue weighted by atomic mass is 10.0. The average Bonchev–Trinajstić information content (AvgIpc) is 0.902. The van der Waals surface area contributed by atoms with Gasteiger partial charge in [-0.2, -0.15) is 0 Å². The topological polar surface area (TPSA) is 237 Å². The molecule has 0 amide bonds. The molecule has 0 fully saturated rings. The van der Waals surface area contributed by atoms with Crippen molar-refractivity contribution in [2.75, 3.05) is 39.6 Å². The fraction of sp³-hybridized carbons (Fsp3) is 0.701. The summed E-state index contributed by atoms with van der Waals surface area (Å²) in [4.78, 5) is 73.1. The second-order valence-electron chi connectivity index (χ2n) is 27.3. The van der Waals surface area contributed by atoms with Crippen LogP contribution in [0.15, 0.2) is 134 Å². The van der Waals surface area contributed by atoms with Crippen LogP contribution in [0.25, 0.3) is 0 Å². The van der Waals surface area contributed by atoms with Gasteiger partial charge in [0.15, 0.2) is 12.2 Å². The largest absolute Gasteiger partial charge is 0.472 e. The summed E-state index contributed by atoms with van der Waals surface area (Å²) in [5, 5.41) is 10.7. The molecule has 608 valence electrons. The van der Waals surface area contributed by atoms with E-state index >= 15 is 0 Å². The van der Waals surface area contributed by atoms with Crippen molar-refractivity contribution in [3.8, 4) is 0 Å². The van der Waals surface area contributed by atoms with Crippen molar-refractivity contribution in [3.05, 3.63) is 134 Å². The van der Waals surface area contributed by atoms with Crippen LogP contribution in [0.1, 0.15) is 336 Å². The lowest BCUT2D eigenvalue weighted by Crippen LogP contribution is -2.30. The van der Waals surface area contributed by atoms with E-state index in [1.165, 1.54) is 96.3 Å². The van der Waals surface area contributed by atoms with Crippen LogP contribution in [0.3, 0.4) is 0 Å². The summed E-state index contributed by atoms with van der Waals surface area (Å²) in [6.07, 6.45) is 88.6. The van der Waals surface area contributed by atoms with Gasteiger partial charge in [0.2, 0.25) is 0 Å². The van der Waals surface area contributed by atoms with E-state index < -0.39 is 97.5 Å². The number of hydrogen-bond acceptors (Lipinski definition) is 15. The minimum Gasteiger partial charge on any atom is -0.462 e. The summed E-state index contributed by atoms with van der Waals surface area (Å²) < 4.78 is 68.6. The maximum atomic E-state index is 13.1. The zero-order chi connectivity index (χ0) is 77.4. The molecule has 19 heteroatoms. The molecule has 0 saturated heterocycles. The first-order chi connectivity index (χ1) is 51.7. The number of rotatable bonds is 77. The van der Waals surface area contributed by atoms with Gasteiger partial charge in [-0.25, -0.2) is 9.13 Å². The minimum absolute atomic E-state index is 0.0294. The predicted octanol–water partition coefficient (Wildman–Crippen LogP) is 24.4. The van der Waals surface area contributed by atoms with E-state index in [-0.39, 0.29) is 25.7 Å². The number of esters is 4. The number of hydrogen-bond donors (Lipinski definition) is 3. The standard InChI is InChI=1S/C87H148O17P2/c1-5-9-13-17-21-25-29-33-36-38-40-42-45-48-52-56-60-64-68-72-85(90)98-78-83(103-86(91)73-69-65-61-57-53-49-44-35-31-27-23-19-15-11-7-3)80-102-106(95,96)100-76-81(88)75-99-105(93,94)101-79-82(77-97-84(89)71-67-63-59-55-51-47-32-28-24-20-16-12-8-4)104-87(92)74-70-66-62-58-54-50-46-43-41-39-37-34-30-26-22-18-14-10-6-2/h9,13,21-22,25-27,31,33-34,36-37,40-43,48,50,52,54,62,66,81-83,88H,5-8,10-12,14-20,23-24,28-30,32,35,38-39,44-47,49,51,53,55-61,63-65,67-80H2,1-4H3,(H,93,94)(H,95,96)/b13-9-,25-21-,26-22-,31-27-,36-33-,37-34-,42-40-,43-41-,52-48-,54-50-,66-62-/t81-,82+,83+/m0/s1. The van der Waals surface area contributed by atoms with Crippen molar-refractivity contribution in [2.45, 2.75) is 354 Å². The summed E-state index contributed by atoms with van der Waals surface area (Å²) in [5.41, 5.74) is 0. The quantitative estimate of drug-likeness (QED) is 0.0169. The SMILES string of the molecule is CC/C=C\C/C=C\C/C=C\C/C=C\C/C=C\CCCCCC(=O)OC[C@H](COP(=O)(O)OC[C@@H](O)COP(=O)(O)OC[C@@H](COC(=O)CCCCCCCCCCCCCCC)OC(=O)CC/C=C\C/C=C\C/C=C\C/C=C\C/C=C\CCCCC)OC(=O)CCCCCCCCC/C=C\CCCCCC. The van der Waals surface area contributed by atoms with Crippen molar-refractivity contribution >= 4 is 39.5 Å². The highest BCUT2D eigenvalue weighted by atomic mass is 31.2. The Hall–Kier alpha value is -4.80. The third kappa shape index (κ3) is 77.4. The Balaban J connectivity index is 5.45. The molecule has 0 bridgehead atoms. The van der Waals surface area contributed by atoms with Crippen LogP contribution in [-0.2, 0) is 65.4 Å². The smallest absolute Gasteiger partial charge is 0.462 e. The molecule has 0 aliphatic heterocycles. The molecule has 0 aromatic heterocycles. The molecule has 0 aromatic rings. The first kappa shape index (κ1) is 101. The summed E-state index contributed by atoms with van der Waals surface area (Å²) in [7, 11) is -10.00. The fourth-order valence-corrected chi connectivity index (χ4v) is 12.4. The number of carbonyl (C=O) groups is 4. The molecule has 0 aliphatic rings. The van der Waals surface area contributed by atoms with Crippen molar-refractivity contribution in [2.24, 2.45) is 0 Å². The van der Waals surface area contributed by atoms with Crippen LogP contribution in [0.2, 0.25) is 0 Å². The average molecular weight is 1530 g/mol. The van der Waals surface area contributed by atoms with Crippen LogP contribution in [0.5, 0.6) is 0 Å². The summed E-state index contributed by atoms with van der Waals surface area (Å²) in [5.74, 6) is -2.30. The molecule has 3 N–H and O–H groups in total. The molecule has 0 aliphatic carbocycles. The first-order valence-electron chi connectivity index (χ1n) is 41.4. The Labute approximate surface area is 644 Å². The lowest BCUT2D eigenvalue weighted by Gasteiger charge is -2.21. The fourth-order valence-electron chi connectivity index (χ4n) is 10.8. The Morgan fingerprint density at radius 2 is 0.509 bits per heavy atom. The third-order valence-electron chi connectivity index (χ3n) is 17.1. The van der Waals surface area contributed by atoms with Gasteiger partial charge < -0.3 is 33.8 Å². The number of phosphoric ester groups is 2. The highest BCUT2D eigenvalue weighted by molar-refractivity contribution is 7.47. The molecule has 0 spiro atoms. The van der Waals surface area contributed by atoms with E-state index in [1.807, 2.05) is 18.2 Å². The molecule has 0 rings (SSSR count). The maximum Gasteiger partial charge on any atom is 0.472 e.